The summed E-state index contributed by atoms with van der Waals surface area (Å²) in [7, 11) is 0. The first kappa shape index (κ1) is 21.3. The van der Waals surface area contributed by atoms with E-state index in [1.54, 1.807) is 11.0 Å². The molecule has 0 saturated carbocycles. The molecule has 2 amide bonds. The molecule has 1 aromatic heterocycles. The Hall–Kier alpha value is -1.98. The third kappa shape index (κ3) is 4.37. The summed E-state index contributed by atoms with van der Waals surface area (Å²) in [6, 6.07) is 8.14. The smallest absolute Gasteiger partial charge is 0.271 e. The SMILES string of the molecule is O=C[C@H](CC1CCNC1O)NC(=O)[C@@H]1C[C@@H](I)CN1C(=O)c1cc2ccccc2[nH]1. The Kier molecular flexibility index (Phi) is 6.40. The molecule has 0 bridgehead atoms. The molecule has 5 atom stereocenters. The molecular formula is C21H25IN4O4. The summed E-state index contributed by atoms with van der Waals surface area (Å²) in [6.07, 6.45) is 1.72. The average Bonchev–Trinajstić information content (AvgIpc) is 3.45. The van der Waals surface area contributed by atoms with E-state index in [0.717, 1.165) is 17.3 Å². The van der Waals surface area contributed by atoms with Gasteiger partial charge in [0.1, 0.15) is 24.2 Å². The van der Waals surface area contributed by atoms with Crippen LogP contribution in [-0.2, 0) is 9.59 Å². The van der Waals surface area contributed by atoms with Crippen LogP contribution in [0.25, 0.3) is 10.9 Å². The molecule has 2 unspecified atom stereocenters. The number of nitrogens with one attached hydrogen (secondary N) is 3. The van der Waals surface area contributed by atoms with Crippen molar-refractivity contribution in [3.8, 4) is 0 Å². The molecular weight excluding hydrogens is 499 g/mol. The van der Waals surface area contributed by atoms with Crippen LogP contribution in [-0.4, -0.2) is 68.4 Å². The van der Waals surface area contributed by atoms with Crippen molar-refractivity contribution in [1.29, 1.82) is 0 Å². The number of H-pyrrole nitrogens is 1. The van der Waals surface area contributed by atoms with Gasteiger partial charge in [0.05, 0.1) is 6.04 Å². The van der Waals surface area contributed by atoms with E-state index in [4.69, 9.17) is 0 Å². The molecule has 4 rings (SSSR count). The number of hydrogen-bond donors (Lipinski definition) is 4. The van der Waals surface area contributed by atoms with Crippen LogP contribution in [0.3, 0.4) is 0 Å². The van der Waals surface area contributed by atoms with Gasteiger partial charge in [0.15, 0.2) is 0 Å². The highest BCUT2D eigenvalue weighted by Gasteiger charge is 2.40. The third-order valence-electron chi connectivity index (χ3n) is 5.94. The monoisotopic (exact) mass is 524 g/mol. The van der Waals surface area contributed by atoms with Gasteiger partial charge in [-0.3, -0.25) is 14.9 Å². The molecule has 2 aromatic rings. The zero-order chi connectivity index (χ0) is 21.3. The molecule has 0 aliphatic carbocycles. The largest absolute Gasteiger partial charge is 0.378 e. The minimum absolute atomic E-state index is 0.0783. The fourth-order valence-electron chi connectivity index (χ4n) is 4.34. The Labute approximate surface area is 187 Å². The highest BCUT2D eigenvalue weighted by atomic mass is 127. The number of para-hydroxylation sites is 1. The number of benzene rings is 1. The number of rotatable bonds is 6. The van der Waals surface area contributed by atoms with Crippen molar-refractivity contribution < 1.29 is 19.5 Å². The maximum atomic E-state index is 13.2. The molecule has 4 N–H and O–H groups in total. The molecule has 9 heteroatoms. The number of alkyl halides is 1. The van der Waals surface area contributed by atoms with Crippen LogP contribution < -0.4 is 10.6 Å². The summed E-state index contributed by atoms with van der Waals surface area (Å²) in [5, 5.41) is 16.6. The molecule has 8 nitrogen and oxygen atoms in total. The van der Waals surface area contributed by atoms with E-state index in [1.807, 2.05) is 24.3 Å². The number of amides is 2. The van der Waals surface area contributed by atoms with Crippen molar-refractivity contribution in [2.24, 2.45) is 5.92 Å². The lowest BCUT2D eigenvalue weighted by molar-refractivity contribution is -0.127. The molecule has 1 aromatic carbocycles. The lowest BCUT2D eigenvalue weighted by atomic mass is 9.98. The van der Waals surface area contributed by atoms with E-state index < -0.39 is 18.3 Å². The van der Waals surface area contributed by atoms with Gasteiger partial charge in [0.25, 0.3) is 5.91 Å². The number of fused-ring (bicyclic) bond motifs is 1. The molecule has 3 heterocycles. The lowest BCUT2D eigenvalue weighted by Crippen LogP contribution is -2.50. The quantitative estimate of drug-likeness (QED) is 0.258. The van der Waals surface area contributed by atoms with Crippen LogP contribution in [0.4, 0.5) is 0 Å². The summed E-state index contributed by atoms with van der Waals surface area (Å²) >= 11 is 2.25. The first-order valence-corrected chi connectivity index (χ1v) is 11.4. The molecule has 2 saturated heterocycles. The van der Waals surface area contributed by atoms with Crippen LogP contribution in [0.2, 0.25) is 0 Å². The lowest BCUT2D eigenvalue weighted by Gasteiger charge is -2.26. The van der Waals surface area contributed by atoms with Crippen molar-refractivity contribution >= 4 is 51.6 Å². The van der Waals surface area contributed by atoms with E-state index >= 15 is 0 Å². The predicted molar refractivity (Wildman–Crippen MR) is 120 cm³/mol. The molecule has 2 fully saturated rings. The molecule has 0 spiro atoms. The fraction of sp³-hybridized carbons (Fsp3) is 0.476. The number of aliphatic hydroxyl groups excluding tert-OH is 1. The third-order valence-corrected chi connectivity index (χ3v) is 6.84. The van der Waals surface area contributed by atoms with Crippen LogP contribution in [0.5, 0.6) is 0 Å². The summed E-state index contributed by atoms with van der Waals surface area (Å²) in [5.74, 6) is -0.620. The van der Waals surface area contributed by atoms with Crippen molar-refractivity contribution in [2.45, 2.75) is 41.5 Å². The molecule has 160 valence electrons. The minimum atomic E-state index is -0.685. The summed E-state index contributed by atoms with van der Waals surface area (Å²) < 4.78 is 0.155. The maximum Gasteiger partial charge on any atom is 0.271 e. The van der Waals surface area contributed by atoms with Gasteiger partial charge in [-0.15, -0.1) is 0 Å². The Morgan fingerprint density at radius 1 is 1.37 bits per heavy atom. The number of aromatic nitrogens is 1. The number of halogens is 1. The van der Waals surface area contributed by atoms with Gasteiger partial charge in [0, 0.05) is 27.3 Å². The zero-order valence-corrected chi connectivity index (χ0v) is 18.5. The number of carbonyl (C=O) groups excluding carboxylic acids is 3. The zero-order valence-electron chi connectivity index (χ0n) is 16.4. The van der Waals surface area contributed by atoms with Gasteiger partial charge < -0.3 is 25.1 Å². The minimum Gasteiger partial charge on any atom is -0.378 e. The summed E-state index contributed by atoms with van der Waals surface area (Å²) in [4.78, 5) is 42.4. The highest BCUT2D eigenvalue weighted by Crippen LogP contribution is 2.27. The van der Waals surface area contributed by atoms with E-state index in [0.29, 0.717) is 37.9 Å². The number of likely N-dealkylation sites (tertiary alicyclic amines) is 1. The normalized spacial score (nSPS) is 27.3. The van der Waals surface area contributed by atoms with E-state index in [-0.39, 0.29) is 21.7 Å². The van der Waals surface area contributed by atoms with Gasteiger partial charge in [-0.25, -0.2) is 0 Å². The van der Waals surface area contributed by atoms with Gasteiger partial charge in [-0.1, -0.05) is 40.8 Å². The summed E-state index contributed by atoms with van der Waals surface area (Å²) in [6.45, 7) is 1.17. The predicted octanol–water partition coefficient (Wildman–Crippen LogP) is 1.19. The topological polar surface area (TPSA) is 115 Å². The number of hydrogen-bond acceptors (Lipinski definition) is 5. The first-order chi connectivity index (χ1) is 14.5. The highest BCUT2D eigenvalue weighted by molar-refractivity contribution is 14.1. The summed E-state index contributed by atoms with van der Waals surface area (Å²) in [5.41, 5.74) is 1.32. The van der Waals surface area contributed by atoms with E-state index in [1.165, 1.54) is 0 Å². The number of aromatic amines is 1. The Morgan fingerprint density at radius 2 is 2.17 bits per heavy atom. The van der Waals surface area contributed by atoms with Crippen molar-refractivity contribution in [1.82, 2.24) is 20.5 Å². The number of nitrogens with zero attached hydrogens (tertiary/aromatic N) is 1. The second-order valence-corrected chi connectivity index (χ2v) is 9.77. The standard InChI is InChI=1S/C21H25IN4O4/c22-14-9-18(20(29)24-15(11-27)7-13-5-6-23-19(13)28)26(10-14)21(30)17-8-12-3-1-2-4-16(12)25-17/h1-4,8,11,13-15,18-19,23,25,28H,5-7,9-10H2,(H,24,29)/t13?,14-,15+,18+,19?/m1/s1. The van der Waals surface area contributed by atoms with Gasteiger partial charge in [-0.2, -0.15) is 0 Å². The van der Waals surface area contributed by atoms with Crippen LogP contribution >= 0.6 is 22.6 Å². The molecule has 30 heavy (non-hydrogen) atoms. The van der Waals surface area contributed by atoms with Crippen LogP contribution in [0, 0.1) is 5.92 Å². The molecule has 2 aliphatic rings. The Bertz CT molecular complexity index is 915. The van der Waals surface area contributed by atoms with Gasteiger partial charge in [-0.05, 0) is 37.9 Å². The molecule has 0 radical (unpaired) electrons. The second-order valence-electron chi connectivity index (χ2n) is 8.01. The van der Waals surface area contributed by atoms with Crippen LogP contribution in [0.15, 0.2) is 30.3 Å². The van der Waals surface area contributed by atoms with E-state index in [9.17, 15) is 19.5 Å². The van der Waals surface area contributed by atoms with Crippen molar-refractivity contribution in [3.63, 3.8) is 0 Å². The van der Waals surface area contributed by atoms with Crippen molar-refractivity contribution in [3.05, 3.63) is 36.0 Å². The van der Waals surface area contributed by atoms with Crippen LogP contribution in [0.1, 0.15) is 29.8 Å². The average molecular weight is 524 g/mol. The van der Waals surface area contributed by atoms with Crippen molar-refractivity contribution in [2.75, 3.05) is 13.1 Å². The number of aldehydes is 1. The van der Waals surface area contributed by atoms with Gasteiger partial charge >= 0.3 is 0 Å². The Balaban J connectivity index is 1.46. The molecule has 2 aliphatic heterocycles. The Morgan fingerprint density at radius 3 is 2.87 bits per heavy atom. The second kappa shape index (κ2) is 9.03. The fourth-order valence-corrected chi connectivity index (χ4v) is 5.25. The van der Waals surface area contributed by atoms with E-state index in [2.05, 4.69) is 38.2 Å². The van der Waals surface area contributed by atoms with Gasteiger partial charge in [0.2, 0.25) is 5.91 Å². The number of aliphatic hydroxyl groups is 1. The first-order valence-electron chi connectivity index (χ1n) is 10.2. The number of carbonyl (C=O) groups is 3. The maximum absolute atomic E-state index is 13.2.